The molecule has 0 spiro atoms. The number of carbonyl (C=O) groups is 1. The predicted molar refractivity (Wildman–Crippen MR) is 123 cm³/mol. The summed E-state index contributed by atoms with van der Waals surface area (Å²) in [6.45, 7) is 9.54. The van der Waals surface area contributed by atoms with E-state index >= 15 is 0 Å². The van der Waals surface area contributed by atoms with E-state index in [1.165, 1.54) is 6.42 Å². The summed E-state index contributed by atoms with van der Waals surface area (Å²) in [7, 11) is 3.50. The number of aliphatic imine (C=N–C) groups is 1. The minimum absolute atomic E-state index is 0. The molecule has 0 aliphatic carbocycles. The highest BCUT2D eigenvalue weighted by Gasteiger charge is 2.27. The van der Waals surface area contributed by atoms with Crippen LogP contribution in [0.3, 0.4) is 0 Å². The third kappa shape index (κ3) is 6.64. The van der Waals surface area contributed by atoms with Crippen molar-refractivity contribution in [2.75, 3.05) is 46.8 Å². The van der Waals surface area contributed by atoms with Gasteiger partial charge in [0.1, 0.15) is 0 Å². The lowest BCUT2D eigenvalue weighted by Crippen LogP contribution is -2.43. The van der Waals surface area contributed by atoms with E-state index in [-0.39, 0.29) is 29.9 Å². The van der Waals surface area contributed by atoms with Crippen molar-refractivity contribution in [1.82, 2.24) is 20.4 Å². The fourth-order valence-corrected chi connectivity index (χ4v) is 3.64. The summed E-state index contributed by atoms with van der Waals surface area (Å²) in [5, 5.41) is 6.14. The van der Waals surface area contributed by atoms with Gasteiger partial charge in [-0.25, -0.2) is 0 Å². The van der Waals surface area contributed by atoms with Crippen LogP contribution in [0.4, 0.5) is 0 Å². The zero-order valence-corrected chi connectivity index (χ0v) is 19.3. The number of amides is 1. The maximum Gasteiger partial charge on any atom is 0.251 e. The zero-order chi connectivity index (χ0) is 18.9. The molecular weight excluding hydrogens is 453 g/mol. The number of benzene rings is 1. The fraction of sp³-hybridized carbons (Fsp3) is 0.600. The van der Waals surface area contributed by atoms with Gasteiger partial charge in [-0.15, -0.1) is 24.0 Å². The van der Waals surface area contributed by atoms with Gasteiger partial charge in [0.2, 0.25) is 0 Å². The quantitative estimate of drug-likeness (QED) is 0.352. The van der Waals surface area contributed by atoms with Crippen LogP contribution in [0.5, 0.6) is 0 Å². The van der Waals surface area contributed by atoms with Crippen LogP contribution in [0, 0.1) is 0 Å². The lowest BCUT2D eigenvalue weighted by Gasteiger charge is -2.27. The molecule has 1 aliphatic heterocycles. The Morgan fingerprint density at radius 3 is 2.70 bits per heavy atom. The van der Waals surface area contributed by atoms with Crippen molar-refractivity contribution in [3.8, 4) is 0 Å². The zero-order valence-electron chi connectivity index (χ0n) is 17.0. The Morgan fingerprint density at radius 1 is 1.33 bits per heavy atom. The Morgan fingerprint density at radius 2 is 2.07 bits per heavy atom. The number of carbonyl (C=O) groups excluding carboxylic acids is 1. The van der Waals surface area contributed by atoms with Crippen molar-refractivity contribution in [3.63, 3.8) is 0 Å². The highest BCUT2D eigenvalue weighted by molar-refractivity contribution is 14.0. The molecule has 1 aromatic rings. The number of halogens is 1. The molecule has 0 radical (unpaired) electrons. The largest absolute Gasteiger partial charge is 0.356 e. The minimum atomic E-state index is -0.0462. The molecular formula is C20H34IN5O. The lowest BCUT2D eigenvalue weighted by molar-refractivity contribution is 0.0963. The van der Waals surface area contributed by atoms with Crippen molar-refractivity contribution in [2.24, 2.45) is 4.99 Å². The molecule has 0 aromatic heterocycles. The maximum absolute atomic E-state index is 11.7. The Labute approximate surface area is 180 Å². The van der Waals surface area contributed by atoms with Crippen LogP contribution in [-0.4, -0.2) is 74.5 Å². The van der Waals surface area contributed by atoms with Crippen LogP contribution in [0.2, 0.25) is 0 Å². The van der Waals surface area contributed by atoms with Crippen LogP contribution < -0.4 is 10.6 Å². The molecule has 27 heavy (non-hydrogen) atoms. The van der Waals surface area contributed by atoms with Gasteiger partial charge in [0.25, 0.3) is 5.91 Å². The molecule has 1 amide bonds. The van der Waals surface area contributed by atoms with Crippen LogP contribution in [0.15, 0.2) is 29.3 Å². The summed E-state index contributed by atoms with van der Waals surface area (Å²) in [5.41, 5.74) is 1.85. The Balaban J connectivity index is 0.00000364. The molecule has 7 heteroatoms. The van der Waals surface area contributed by atoms with Gasteiger partial charge < -0.3 is 15.5 Å². The Hall–Kier alpha value is -1.35. The van der Waals surface area contributed by atoms with E-state index in [0.29, 0.717) is 11.6 Å². The molecule has 1 heterocycles. The molecule has 1 aromatic carbocycles. The van der Waals surface area contributed by atoms with Gasteiger partial charge in [0.05, 0.1) is 0 Å². The summed E-state index contributed by atoms with van der Waals surface area (Å²) in [6, 6.07) is 8.40. The lowest BCUT2D eigenvalue weighted by atomic mass is 10.1. The molecule has 1 unspecified atom stereocenters. The van der Waals surface area contributed by atoms with E-state index in [1.54, 1.807) is 7.05 Å². The number of nitrogens with zero attached hydrogens (tertiary/aromatic N) is 3. The van der Waals surface area contributed by atoms with Crippen LogP contribution in [-0.2, 0) is 6.42 Å². The number of likely N-dealkylation sites (tertiary alicyclic amines) is 1. The number of guanidine groups is 1. The molecule has 2 rings (SSSR count). The molecule has 1 aliphatic rings. The highest BCUT2D eigenvalue weighted by atomic mass is 127. The first-order chi connectivity index (χ1) is 12.6. The third-order valence-electron chi connectivity index (χ3n) is 5.12. The average molecular weight is 487 g/mol. The standard InChI is InChI=1S/C20H33N5O.HI/c1-5-24(6-2)18-11-13-25(15-18)20(22-4)23-12-10-16-8-7-9-17(14-16)19(26)21-3;/h7-9,14,18H,5-6,10-13,15H2,1-4H3,(H,21,26)(H,22,23);1H. The Kier molecular flexibility index (Phi) is 10.7. The first kappa shape index (κ1) is 23.7. The molecule has 0 bridgehead atoms. The van der Waals surface area contributed by atoms with E-state index in [4.69, 9.17) is 0 Å². The first-order valence-corrected chi connectivity index (χ1v) is 9.63. The third-order valence-corrected chi connectivity index (χ3v) is 5.12. The molecule has 1 saturated heterocycles. The first-order valence-electron chi connectivity index (χ1n) is 9.63. The SMILES string of the molecule is CCN(CC)C1CCN(C(=NC)NCCc2cccc(C(=O)NC)c2)C1.I. The van der Waals surface area contributed by atoms with Crippen molar-refractivity contribution < 1.29 is 4.79 Å². The number of hydrogen-bond donors (Lipinski definition) is 2. The van der Waals surface area contributed by atoms with Crippen molar-refractivity contribution in [2.45, 2.75) is 32.7 Å². The smallest absolute Gasteiger partial charge is 0.251 e. The number of rotatable bonds is 7. The topological polar surface area (TPSA) is 60.0 Å². The molecule has 0 saturated carbocycles. The predicted octanol–water partition coefficient (Wildman–Crippen LogP) is 2.20. The summed E-state index contributed by atoms with van der Waals surface area (Å²) in [4.78, 5) is 21.1. The molecule has 6 nitrogen and oxygen atoms in total. The highest BCUT2D eigenvalue weighted by Crippen LogP contribution is 2.15. The summed E-state index contributed by atoms with van der Waals surface area (Å²) in [6.07, 6.45) is 2.05. The van der Waals surface area contributed by atoms with Gasteiger partial charge in [-0.1, -0.05) is 26.0 Å². The van der Waals surface area contributed by atoms with Crippen molar-refractivity contribution >= 4 is 35.8 Å². The number of likely N-dealkylation sites (N-methyl/N-ethyl adjacent to an activating group) is 1. The van der Waals surface area contributed by atoms with Gasteiger partial charge in [-0.3, -0.25) is 14.7 Å². The Bertz CT molecular complexity index is 618. The van der Waals surface area contributed by atoms with E-state index in [9.17, 15) is 4.79 Å². The second-order valence-electron chi connectivity index (χ2n) is 6.61. The number of nitrogens with one attached hydrogen (secondary N) is 2. The molecule has 2 N–H and O–H groups in total. The normalized spacial score (nSPS) is 17.0. The van der Waals surface area contributed by atoms with Crippen LogP contribution >= 0.6 is 24.0 Å². The van der Waals surface area contributed by atoms with E-state index in [2.05, 4.69) is 45.3 Å². The minimum Gasteiger partial charge on any atom is -0.356 e. The summed E-state index contributed by atoms with van der Waals surface area (Å²) in [5.74, 6) is 0.928. The van der Waals surface area contributed by atoms with Gasteiger partial charge in [0.15, 0.2) is 5.96 Å². The van der Waals surface area contributed by atoms with Gasteiger partial charge in [-0.2, -0.15) is 0 Å². The van der Waals surface area contributed by atoms with E-state index < -0.39 is 0 Å². The van der Waals surface area contributed by atoms with Gasteiger partial charge in [0, 0.05) is 45.3 Å². The summed E-state index contributed by atoms with van der Waals surface area (Å²) >= 11 is 0. The second-order valence-corrected chi connectivity index (χ2v) is 6.61. The summed E-state index contributed by atoms with van der Waals surface area (Å²) < 4.78 is 0. The van der Waals surface area contributed by atoms with Gasteiger partial charge >= 0.3 is 0 Å². The van der Waals surface area contributed by atoms with Crippen LogP contribution in [0.25, 0.3) is 0 Å². The van der Waals surface area contributed by atoms with Crippen molar-refractivity contribution in [1.29, 1.82) is 0 Å². The van der Waals surface area contributed by atoms with E-state index in [0.717, 1.165) is 50.7 Å². The fourth-order valence-electron chi connectivity index (χ4n) is 3.64. The second kappa shape index (κ2) is 12.2. The van der Waals surface area contributed by atoms with Crippen LogP contribution in [0.1, 0.15) is 36.2 Å². The van der Waals surface area contributed by atoms with E-state index in [1.807, 2.05) is 25.2 Å². The maximum atomic E-state index is 11.7. The van der Waals surface area contributed by atoms with Crippen molar-refractivity contribution in [3.05, 3.63) is 35.4 Å². The average Bonchev–Trinajstić information content (AvgIpc) is 3.15. The monoisotopic (exact) mass is 487 g/mol. The molecule has 152 valence electrons. The molecule has 1 atom stereocenters. The van der Waals surface area contributed by atoms with Gasteiger partial charge in [-0.05, 0) is 43.6 Å². The number of hydrogen-bond acceptors (Lipinski definition) is 3. The molecule has 1 fully saturated rings.